The summed E-state index contributed by atoms with van der Waals surface area (Å²) < 4.78 is 13.5. The summed E-state index contributed by atoms with van der Waals surface area (Å²) in [6, 6.07) is 4.77. The molecule has 1 aromatic rings. The lowest BCUT2D eigenvalue weighted by Crippen LogP contribution is -2.50. The summed E-state index contributed by atoms with van der Waals surface area (Å²) in [4.78, 5) is 2.27. The van der Waals surface area contributed by atoms with E-state index in [1.807, 2.05) is 0 Å². The Morgan fingerprint density at radius 2 is 2.00 bits per heavy atom. The van der Waals surface area contributed by atoms with Gasteiger partial charge in [-0.25, -0.2) is 9.40 Å². The molecule has 0 radical (unpaired) electrons. The smallest absolute Gasteiger partial charge is 0.129 e. The molecule has 5 heteroatoms. The molecule has 0 amide bonds. The Bertz CT molecular complexity index is 358. The fourth-order valence-electron chi connectivity index (χ4n) is 1.86. The Kier molecular flexibility index (Phi) is 4.34. The first kappa shape index (κ1) is 12.8. The molecule has 0 spiro atoms. The standard InChI is InChI=1S/C12H17ClFN3/c1-16-5-7-17(8-6-16)15-9-10-11(13)3-2-4-12(10)14/h2-4,15H,5-9H2,1H3. The minimum absolute atomic E-state index is 0.251. The van der Waals surface area contributed by atoms with E-state index in [4.69, 9.17) is 11.6 Å². The molecule has 3 nitrogen and oxygen atoms in total. The Labute approximate surface area is 106 Å². The largest absolute Gasteiger partial charge is 0.304 e. The van der Waals surface area contributed by atoms with Gasteiger partial charge < -0.3 is 4.90 Å². The Morgan fingerprint density at radius 1 is 1.29 bits per heavy atom. The fraction of sp³-hybridized carbons (Fsp3) is 0.500. The van der Waals surface area contributed by atoms with E-state index >= 15 is 0 Å². The molecule has 17 heavy (non-hydrogen) atoms. The number of rotatable bonds is 3. The van der Waals surface area contributed by atoms with E-state index in [0.29, 0.717) is 17.1 Å². The van der Waals surface area contributed by atoms with E-state index in [-0.39, 0.29) is 5.82 Å². The maximum atomic E-state index is 13.5. The highest BCUT2D eigenvalue weighted by molar-refractivity contribution is 6.31. The van der Waals surface area contributed by atoms with Gasteiger partial charge in [-0.15, -0.1) is 0 Å². The van der Waals surface area contributed by atoms with Crippen molar-refractivity contribution in [2.45, 2.75) is 6.54 Å². The van der Waals surface area contributed by atoms with E-state index < -0.39 is 0 Å². The third-order valence-electron chi connectivity index (χ3n) is 3.04. The van der Waals surface area contributed by atoms with Crippen LogP contribution in [0.25, 0.3) is 0 Å². The first-order valence-electron chi connectivity index (χ1n) is 5.76. The number of nitrogens with zero attached hydrogens (tertiary/aromatic N) is 2. The van der Waals surface area contributed by atoms with E-state index in [9.17, 15) is 4.39 Å². The molecule has 0 bridgehead atoms. The molecule has 1 N–H and O–H groups in total. The molecular weight excluding hydrogens is 241 g/mol. The number of nitrogens with one attached hydrogen (secondary N) is 1. The highest BCUT2D eigenvalue weighted by Crippen LogP contribution is 2.18. The minimum Gasteiger partial charge on any atom is -0.304 e. The van der Waals surface area contributed by atoms with Gasteiger partial charge in [-0.2, -0.15) is 0 Å². The zero-order valence-electron chi connectivity index (χ0n) is 9.92. The maximum Gasteiger partial charge on any atom is 0.129 e. The first-order chi connectivity index (χ1) is 8.16. The molecule has 1 heterocycles. The van der Waals surface area contributed by atoms with Crippen LogP contribution in [-0.2, 0) is 6.54 Å². The summed E-state index contributed by atoms with van der Waals surface area (Å²) >= 11 is 5.96. The van der Waals surface area contributed by atoms with Gasteiger partial charge in [0.15, 0.2) is 0 Å². The number of likely N-dealkylation sites (N-methyl/N-ethyl adjacent to an activating group) is 1. The van der Waals surface area contributed by atoms with Crippen molar-refractivity contribution in [1.29, 1.82) is 0 Å². The van der Waals surface area contributed by atoms with Crippen molar-refractivity contribution >= 4 is 11.6 Å². The highest BCUT2D eigenvalue weighted by Gasteiger charge is 2.14. The average Bonchev–Trinajstić information content (AvgIpc) is 2.31. The van der Waals surface area contributed by atoms with Crippen molar-refractivity contribution in [3.8, 4) is 0 Å². The van der Waals surface area contributed by atoms with Crippen LogP contribution < -0.4 is 5.43 Å². The zero-order valence-corrected chi connectivity index (χ0v) is 10.7. The van der Waals surface area contributed by atoms with Crippen LogP contribution in [0.5, 0.6) is 0 Å². The third-order valence-corrected chi connectivity index (χ3v) is 3.40. The number of hydrazine groups is 1. The van der Waals surface area contributed by atoms with Gasteiger partial charge in [0.05, 0.1) is 0 Å². The summed E-state index contributed by atoms with van der Waals surface area (Å²) in [5, 5.41) is 2.59. The second-order valence-electron chi connectivity index (χ2n) is 4.33. The topological polar surface area (TPSA) is 18.5 Å². The summed E-state index contributed by atoms with van der Waals surface area (Å²) in [5.41, 5.74) is 3.76. The van der Waals surface area contributed by atoms with Crippen molar-refractivity contribution in [3.63, 3.8) is 0 Å². The van der Waals surface area contributed by atoms with Crippen LogP contribution in [0.1, 0.15) is 5.56 Å². The number of hydrogen-bond acceptors (Lipinski definition) is 3. The second-order valence-corrected chi connectivity index (χ2v) is 4.73. The van der Waals surface area contributed by atoms with E-state index in [2.05, 4.69) is 22.4 Å². The molecule has 0 atom stereocenters. The molecule has 1 aliphatic heterocycles. The molecular formula is C12H17ClFN3. The van der Waals surface area contributed by atoms with Gasteiger partial charge in [0.2, 0.25) is 0 Å². The molecule has 0 aromatic heterocycles. The monoisotopic (exact) mass is 257 g/mol. The summed E-state index contributed by atoms with van der Waals surface area (Å²) in [6.45, 7) is 4.39. The van der Waals surface area contributed by atoms with E-state index in [1.54, 1.807) is 12.1 Å². The van der Waals surface area contributed by atoms with Crippen LogP contribution in [0.15, 0.2) is 18.2 Å². The third kappa shape index (κ3) is 3.39. The normalized spacial score (nSPS) is 18.5. The summed E-state index contributed by atoms with van der Waals surface area (Å²) in [6.07, 6.45) is 0. The molecule has 94 valence electrons. The quantitative estimate of drug-likeness (QED) is 0.890. The molecule has 0 unspecified atom stereocenters. The van der Waals surface area contributed by atoms with Gasteiger partial charge in [-0.3, -0.25) is 5.43 Å². The fourth-order valence-corrected chi connectivity index (χ4v) is 2.09. The Hall–Kier alpha value is -0.680. The summed E-state index contributed by atoms with van der Waals surface area (Å²) in [5.74, 6) is -0.251. The Morgan fingerprint density at radius 3 is 2.65 bits per heavy atom. The van der Waals surface area contributed by atoms with Crippen molar-refractivity contribution < 1.29 is 4.39 Å². The molecule has 2 rings (SSSR count). The van der Waals surface area contributed by atoms with Crippen LogP contribution in [0.4, 0.5) is 4.39 Å². The predicted octanol–water partition coefficient (Wildman–Crippen LogP) is 1.73. The van der Waals surface area contributed by atoms with Gasteiger partial charge in [0.25, 0.3) is 0 Å². The van der Waals surface area contributed by atoms with E-state index in [0.717, 1.165) is 26.2 Å². The molecule has 1 aliphatic rings. The lowest BCUT2D eigenvalue weighted by Gasteiger charge is -2.32. The van der Waals surface area contributed by atoms with Gasteiger partial charge >= 0.3 is 0 Å². The molecule has 1 saturated heterocycles. The lowest BCUT2D eigenvalue weighted by molar-refractivity contribution is 0.102. The minimum atomic E-state index is -0.251. The maximum absolute atomic E-state index is 13.5. The molecule has 1 aromatic carbocycles. The SMILES string of the molecule is CN1CCN(NCc2c(F)cccc2Cl)CC1. The number of benzene rings is 1. The van der Waals surface area contributed by atoms with E-state index in [1.165, 1.54) is 6.07 Å². The van der Waals surface area contributed by atoms with Crippen molar-refractivity contribution in [1.82, 2.24) is 15.3 Å². The molecule has 0 aliphatic carbocycles. The molecule has 1 fully saturated rings. The zero-order chi connectivity index (χ0) is 12.3. The predicted molar refractivity (Wildman–Crippen MR) is 67.3 cm³/mol. The van der Waals surface area contributed by atoms with Gasteiger partial charge in [-0.05, 0) is 19.2 Å². The second kappa shape index (κ2) is 5.78. The Balaban J connectivity index is 1.89. The first-order valence-corrected chi connectivity index (χ1v) is 6.14. The summed E-state index contributed by atoms with van der Waals surface area (Å²) in [7, 11) is 2.10. The van der Waals surface area contributed by atoms with Crippen LogP contribution in [0.3, 0.4) is 0 Å². The van der Waals surface area contributed by atoms with Gasteiger partial charge in [-0.1, -0.05) is 17.7 Å². The van der Waals surface area contributed by atoms with Gasteiger partial charge in [0.1, 0.15) is 5.82 Å². The van der Waals surface area contributed by atoms with Crippen LogP contribution in [0.2, 0.25) is 5.02 Å². The van der Waals surface area contributed by atoms with Crippen LogP contribution in [0, 0.1) is 5.82 Å². The van der Waals surface area contributed by atoms with Crippen LogP contribution in [-0.4, -0.2) is 43.1 Å². The van der Waals surface area contributed by atoms with Gasteiger partial charge in [0, 0.05) is 43.3 Å². The average molecular weight is 258 g/mol. The number of piperazine rings is 1. The highest BCUT2D eigenvalue weighted by atomic mass is 35.5. The molecule has 0 saturated carbocycles. The lowest BCUT2D eigenvalue weighted by atomic mass is 10.2. The van der Waals surface area contributed by atoms with Crippen molar-refractivity contribution in [2.75, 3.05) is 33.2 Å². The number of halogens is 2. The van der Waals surface area contributed by atoms with Crippen molar-refractivity contribution in [3.05, 3.63) is 34.6 Å². The van der Waals surface area contributed by atoms with Crippen molar-refractivity contribution in [2.24, 2.45) is 0 Å². The van der Waals surface area contributed by atoms with Crippen LogP contribution >= 0.6 is 11.6 Å². The number of hydrogen-bond donors (Lipinski definition) is 1.